The molecule has 38 heavy (non-hydrogen) atoms. The molecule has 0 aromatic heterocycles. The van der Waals surface area contributed by atoms with E-state index in [2.05, 4.69) is 0 Å². The van der Waals surface area contributed by atoms with Gasteiger partial charge in [-0.05, 0) is 32.1 Å². The fraction of sp³-hybridized carbons (Fsp3) is 0.815. The summed E-state index contributed by atoms with van der Waals surface area (Å²) in [5, 5.41) is 0. The lowest BCUT2D eigenvalue weighted by Crippen LogP contribution is -2.68. The molecule has 0 heterocycles. The summed E-state index contributed by atoms with van der Waals surface area (Å²) in [6.07, 6.45) is -5.28. The SMILES string of the molecule is CCCC(=O)OC1C(OC)C(OC(=O)CCC)C(OC(=O)CCC)C(OC(=O)CCC)C1OC(=O)CCC. The molecule has 0 aliphatic heterocycles. The minimum absolute atomic E-state index is 0.0377. The second-order valence-corrected chi connectivity index (χ2v) is 9.22. The summed E-state index contributed by atoms with van der Waals surface area (Å²) in [7, 11) is 1.31. The van der Waals surface area contributed by atoms with E-state index in [1.54, 1.807) is 34.6 Å². The van der Waals surface area contributed by atoms with Gasteiger partial charge in [-0.1, -0.05) is 34.6 Å². The molecule has 1 aliphatic rings. The molecule has 0 aromatic carbocycles. The van der Waals surface area contributed by atoms with Gasteiger partial charge < -0.3 is 28.4 Å². The third-order valence-corrected chi connectivity index (χ3v) is 5.82. The van der Waals surface area contributed by atoms with Crippen LogP contribution in [0, 0.1) is 0 Å². The van der Waals surface area contributed by atoms with Gasteiger partial charge >= 0.3 is 29.8 Å². The van der Waals surface area contributed by atoms with Gasteiger partial charge in [0.1, 0.15) is 6.10 Å². The Bertz CT molecular complexity index is 729. The third-order valence-electron chi connectivity index (χ3n) is 5.82. The lowest BCUT2D eigenvalue weighted by molar-refractivity contribution is -0.261. The standard InChI is InChI=1S/C27H44O11/c1-7-12-17(28)34-23-22(33-6)24(35-18(29)13-8-2)26(37-20(31)15-10-4)27(38-21(32)16-11-5)25(23)36-19(30)14-9-3/h22-27H,7-16H2,1-6H3. The van der Waals surface area contributed by atoms with Gasteiger partial charge in [-0.15, -0.1) is 0 Å². The first-order valence-electron chi connectivity index (χ1n) is 13.7. The van der Waals surface area contributed by atoms with Crippen LogP contribution in [0.1, 0.15) is 98.8 Å². The zero-order chi connectivity index (χ0) is 28.7. The number of carbonyl (C=O) groups excluding carboxylic acids is 5. The number of esters is 5. The van der Waals surface area contributed by atoms with Crippen LogP contribution in [0.3, 0.4) is 0 Å². The van der Waals surface area contributed by atoms with E-state index in [0.29, 0.717) is 32.1 Å². The topological polar surface area (TPSA) is 141 Å². The molecule has 11 heteroatoms. The second kappa shape index (κ2) is 17.8. The molecule has 218 valence electrons. The van der Waals surface area contributed by atoms with E-state index < -0.39 is 66.5 Å². The molecule has 0 bridgehead atoms. The Balaban J connectivity index is 3.70. The van der Waals surface area contributed by atoms with Crippen LogP contribution in [0.2, 0.25) is 0 Å². The molecule has 0 amide bonds. The minimum Gasteiger partial charge on any atom is -0.455 e. The van der Waals surface area contributed by atoms with Gasteiger partial charge in [0.15, 0.2) is 30.5 Å². The highest BCUT2D eigenvalue weighted by molar-refractivity contribution is 5.73. The second-order valence-electron chi connectivity index (χ2n) is 9.22. The van der Waals surface area contributed by atoms with Gasteiger partial charge in [-0.25, -0.2) is 0 Å². The van der Waals surface area contributed by atoms with Crippen molar-refractivity contribution in [3.05, 3.63) is 0 Å². The smallest absolute Gasteiger partial charge is 0.306 e. The Labute approximate surface area is 225 Å². The minimum atomic E-state index is -1.42. The largest absolute Gasteiger partial charge is 0.455 e. The lowest BCUT2D eigenvalue weighted by Gasteiger charge is -2.47. The van der Waals surface area contributed by atoms with Gasteiger partial charge in [0.2, 0.25) is 0 Å². The van der Waals surface area contributed by atoms with Gasteiger partial charge in [-0.2, -0.15) is 0 Å². The van der Waals surface area contributed by atoms with Crippen molar-refractivity contribution in [2.24, 2.45) is 0 Å². The predicted octanol–water partition coefficient (Wildman–Crippen LogP) is 3.57. The van der Waals surface area contributed by atoms with Crippen LogP contribution in [0.5, 0.6) is 0 Å². The number of ether oxygens (including phenoxy) is 6. The van der Waals surface area contributed by atoms with E-state index in [1.165, 1.54) is 7.11 Å². The molecule has 0 radical (unpaired) electrons. The zero-order valence-electron chi connectivity index (χ0n) is 23.5. The maximum atomic E-state index is 12.7. The van der Waals surface area contributed by atoms with Gasteiger partial charge in [0.05, 0.1) is 0 Å². The molecule has 11 nitrogen and oxygen atoms in total. The predicted molar refractivity (Wildman–Crippen MR) is 135 cm³/mol. The van der Waals surface area contributed by atoms with Crippen molar-refractivity contribution in [2.45, 2.75) is 135 Å². The first kappa shape index (κ1) is 33.3. The highest BCUT2D eigenvalue weighted by Crippen LogP contribution is 2.35. The average molecular weight is 545 g/mol. The molecular weight excluding hydrogens is 500 g/mol. The normalized spacial score (nSPS) is 24.7. The molecule has 1 aliphatic carbocycles. The molecular formula is C27H44O11. The summed E-state index contributed by atoms with van der Waals surface area (Å²) < 4.78 is 34.2. The summed E-state index contributed by atoms with van der Waals surface area (Å²) in [5.41, 5.74) is 0. The van der Waals surface area contributed by atoms with Crippen molar-refractivity contribution in [3.8, 4) is 0 Å². The van der Waals surface area contributed by atoms with E-state index in [0.717, 1.165) is 0 Å². The monoisotopic (exact) mass is 544 g/mol. The summed E-state index contributed by atoms with van der Waals surface area (Å²) in [5.74, 6) is -3.09. The summed E-state index contributed by atoms with van der Waals surface area (Å²) >= 11 is 0. The highest BCUT2D eigenvalue weighted by Gasteiger charge is 2.60. The Kier molecular flexibility index (Phi) is 15.6. The quantitative estimate of drug-likeness (QED) is 0.208. The van der Waals surface area contributed by atoms with Crippen molar-refractivity contribution in [2.75, 3.05) is 7.11 Å². The van der Waals surface area contributed by atoms with Crippen LogP contribution in [0.15, 0.2) is 0 Å². The van der Waals surface area contributed by atoms with E-state index in [4.69, 9.17) is 28.4 Å². The van der Waals surface area contributed by atoms with Crippen LogP contribution in [0.4, 0.5) is 0 Å². The van der Waals surface area contributed by atoms with Crippen LogP contribution in [-0.4, -0.2) is 73.6 Å². The fourth-order valence-electron chi connectivity index (χ4n) is 4.13. The number of carbonyl (C=O) groups is 5. The first-order valence-corrected chi connectivity index (χ1v) is 13.7. The Hall–Kier alpha value is -2.69. The molecule has 1 saturated carbocycles. The Morgan fingerprint density at radius 3 is 0.737 bits per heavy atom. The van der Waals surface area contributed by atoms with Gasteiger partial charge in [0.25, 0.3) is 0 Å². The molecule has 1 rings (SSSR count). The van der Waals surface area contributed by atoms with Crippen LogP contribution in [-0.2, 0) is 52.4 Å². The molecule has 0 aromatic rings. The maximum absolute atomic E-state index is 12.7. The maximum Gasteiger partial charge on any atom is 0.306 e. The van der Waals surface area contributed by atoms with E-state index in [1.807, 2.05) is 0 Å². The summed E-state index contributed by atoms with van der Waals surface area (Å²) in [4.78, 5) is 63.2. The Morgan fingerprint density at radius 2 is 0.579 bits per heavy atom. The van der Waals surface area contributed by atoms with Crippen molar-refractivity contribution < 1.29 is 52.4 Å². The van der Waals surface area contributed by atoms with Crippen LogP contribution < -0.4 is 0 Å². The summed E-state index contributed by atoms with van der Waals surface area (Å²) in [6, 6.07) is 0. The number of methoxy groups -OCH3 is 1. The molecule has 0 spiro atoms. The molecule has 4 atom stereocenters. The number of hydrogen-bond acceptors (Lipinski definition) is 11. The zero-order valence-corrected chi connectivity index (χ0v) is 23.5. The van der Waals surface area contributed by atoms with E-state index >= 15 is 0 Å². The number of hydrogen-bond donors (Lipinski definition) is 0. The average Bonchev–Trinajstić information content (AvgIpc) is 2.84. The van der Waals surface area contributed by atoms with E-state index in [-0.39, 0.29) is 32.1 Å². The van der Waals surface area contributed by atoms with E-state index in [9.17, 15) is 24.0 Å². The lowest BCUT2D eigenvalue weighted by atomic mass is 9.83. The van der Waals surface area contributed by atoms with Crippen molar-refractivity contribution in [1.29, 1.82) is 0 Å². The molecule has 1 fully saturated rings. The number of rotatable bonds is 16. The molecule has 0 saturated heterocycles. The molecule has 0 N–H and O–H groups in total. The van der Waals surface area contributed by atoms with Gasteiger partial charge in [0, 0.05) is 39.2 Å². The van der Waals surface area contributed by atoms with Crippen LogP contribution >= 0.6 is 0 Å². The van der Waals surface area contributed by atoms with Crippen LogP contribution in [0.25, 0.3) is 0 Å². The molecule has 4 unspecified atom stereocenters. The van der Waals surface area contributed by atoms with Crippen molar-refractivity contribution in [3.63, 3.8) is 0 Å². The highest BCUT2D eigenvalue weighted by atomic mass is 16.7. The third kappa shape index (κ3) is 10.2. The fourth-order valence-corrected chi connectivity index (χ4v) is 4.13. The van der Waals surface area contributed by atoms with Gasteiger partial charge in [-0.3, -0.25) is 24.0 Å². The van der Waals surface area contributed by atoms with Crippen molar-refractivity contribution in [1.82, 2.24) is 0 Å². The Morgan fingerprint density at radius 1 is 0.395 bits per heavy atom. The summed E-state index contributed by atoms with van der Waals surface area (Å²) in [6.45, 7) is 8.95. The first-order chi connectivity index (χ1) is 18.2. The van der Waals surface area contributed by atoms with Crippen molar-refractivity contribution >= 4 is 29.8 Å².